The maximum Gasteiger partial charge on any atom is 0.227 e. The molecule has 0 unspecified atom stereocenters. The van der Waals surface area contributed by atoms with Crippen LogP contribution in [-0.4, -0.2) is 45.1 Å². The highest BCUT2D eigenvalue weighted by molar-refractivity contribution is 6.30. The topological polar surface area (TPSA) is 59.7 Å². The fourth-order valence-corrected chi connectivity index (χ4v) is 4.30. The van der Waals surface area contributed by atoms with Gasteiger partial charge in [0.15, 0.2) is 5.65 Å². The van der Waals surface area contributed by atoms with Gasteiger partial charge in [0.2, 0.25) is 5.91 Å². The highest BCUT2D eigenvalue weighted by Gasteiger charge is 2.23. The van der Waals surface area contributed by atoms with Crippen LogP contribution in [0.15, 0.2) is 54.6 Å². The summed E-state index contributed by atoms with van der Waals surface area (Å²) >= 11 is 6.13. The largest absolute Gasteiger partial charge is 0.494 e. The highest BCUT2D eigenvalue weighted by atomic mass is 35.5. The van der Waals surface area contributed by atoms with Crippen LogP contribution in [0.1, 0.15) is 38.4 Å². The Kier molecular flexibility index (Phi) is 7.71. The number of benzene rings is 2. The molecule has 2 aromatic carbocycles. The fourth-order valence-electron chi connectivity index (χ4n) is 4.17. The Morgan fingerprint density at radius 1 is 1.00 bits per heavy atom. The second-order valence-electron chi connectivity index (χ2n) is 8.47. The molecule has 7 heteroatoms. The minimum Gasteiger partial charge on any atom is -0.494 e. The van der Waals surface area contributed by atoms with Crippen LogP contribution >= 0.6 is 11.6 Å². The lowest BCUT2D eigenvalue weighted by Gasteiger charge is -2.18. The Morgan fingerprint density at radius 2 is 1.66 bits per heavy atom. The van der Waals surface area contributed by atoms with E-state index in [0.29, 0.717) is 30.4 Å². The van der Waals surface area contributed by atoms with Gasteiger partial charge in [0.1, 0.15) is 5.75 Å². The van der Waals surface area contributed by atoms with Crippen LogP contribution in [-0.2, 0) is 11.2 Å². The predicted octanol–water partition coefficient (Wildman–Crippen LogP) is 6.22. The number of ether oxygens (including phenoxy) is 1. The summed E-state index contributed by atoms with van der Waals surface area (Å²) in [6.45, 7) is 10.0. The lowest BCUT2D eigenvalue weighted by Crippen LogP contribution is -2.31. The summed E-state index contributed by atoms with van der Waals surface area (Å²) in [6.07, 6.45) is 1.18. The lowest BCUT2D eigenvalue weighted by atomic mass is 10.0. The maximum absolute atomic E-state index is 13.2. The molecule has 0 spiro atoms. The van der Waals surface area contributed by atoms with Crippen molar-refractivity contribution < 1.29 is 9.53 Å². The van der Waals surface area contributed by atoms with Crippen molar-refractivity contribution in [3.05, 3.63) is 70.9 Å². The van der Waals surface area contributed by atoms with Crippen LogP contribution in [0.5, 0.6) is 5.75 Å². The molecule has 0 radical (unpaired) electrons. The monoisotopic (exact) mass is 490 g/mol. The number of aromatic nitrogens is 3. The average Bonchev–Trinajstić information content (AvgIpc) is 3.21. The molecule has 2 aromatic heterocycles. The van der Waals surface area contributed by atoms with Crippen molar-refractivity contribution in [3.8, 4) is 28.3 Å². The van der Waals surface area contributed by atoms with Crippen LogP contribution in [0, 0.1) is 6.92 Å². The molecule has 0 aliphatic heterocycles. The minimum absolute atomic E-state index is 0.0606. The number of halogens is 1. The van der Waals surface area contributed by atoms with E-state index in [2.05, 4.69) is 6.92 Å². The van der Waals surface area contributed by atoms with Crippen molar-refractivity contribution in [2.24, 2.45) is 0 Å². The van der Waals surface area contributed by atoms with Crippen LogP contribution in [0.4, 0.5) is 0 Å². The van der Waals surface area contributed by atoms with Crippen molar-refractivity contribution in [2.45, 2.75) is 40.5 Å². The van der Waals surface area contributed by atoms with E-state index < -0.39 is 0 Å². The zero-order valence-corrected chi connectivity index (χ0v) is 21.5. The van der Waals surface area contributed by atoms with Crippen molar-refractivity contribution >= 4 is 23.2 Å². The first-order chi connectivity index (χ1) is 16.9. The normalized spacial score (nSPS) is 11.1. The van der Waals surface area contributed by atoms with Gasteiger partial charge in [-0.15, -0.1) is 0 Å². The summed E-state index contributed by atoms with van der Waals surface area (Å²) < 4.78 is 7.60. The Hall–Kier alpha value is -3.38. The summed E-state index contributed by atoms with van der Waals surface area (Å²) in [7, 11) is 0. The molecular weight excluding hydrogens is 460 g/mol. The fraction of sp³-hybridized carbons (Fsp3) is 0.321. The third kappa shape index (κ3) is 5.33. The van der Waals surface area contributed by atoms with Crippen LogP contribution < -0.4 is 4.74 Å². The van der Waals surface area contributed by atoms with E-state index in [1.807, 2.05) is 84.8 Å². The van der Waals surface area contributed by atoms with Crippen molar-refractivity contribution in [3.63, 3.8) is 0 Å². The first-order valence-electron chi connectivity index (χ1n) is 12.1. The van der Waals surface area contributed by atoms with Crippen molar-refractivity contribution in [1.82, 2.24) is 19.5 Å². The molecule has 0 atom stereocenters. The number of hydrogen-bond donors (Lipinski definition) is 0. The number of likely N-dealkylation sites (N-methyl/N-ethyl adjacent to an activating group) is 1. The van der Waals surface area contributed by atoms with Crippen LogP contribution in [0.2, 0.25) is 5.02 Å². The summed E-state index contributed by atoms with van der Waals surface area (Å²) in [4.78, 5) is 19.8. The Bertz CT molecular complexity index is 1310. The van der Waals surface area contributed by atoms with E-state index in [1.165, 1.54) is 0 Å². The smallest absolute Gasteiger partial charge is 0.227 e. The molecule has 0 saturated carbocycles. The van der Waals surface area contributed by atoms with Gasteiger partial charge >= 0.3 is 0 Å². The Morgan fingerprint density at radius 3 is 2.29 bits per heavy atom. The molecule has 4 rings (SSSR count). The molecule has 0 aliphatic carbocycles. The molecule has 6 nitrogen and oxygen atoms in total. The van der Waals surface area contributed by atoms with E-state index in [-0.39, 0.29) is 12.3 Å². The SMILES string of the molecule is CCCOc1ccc(-c2nn3c(-c4ccc(Cl)cc4)cc(C)nc3c2CC(=O)N(CC)CC)cc1. The van der Waals surface area contributed by atoms with Gasteiger partial charge in [-0.25, -0.2) is 9.50 Å². The molecule has 0 N–H and O–H groups in total. The molecule has 0 fully saturated rings. The number of aryl methyl sites for hydroxylation is 1. The van der Waals surface area contributed by atoms with Gasteiger partial charge in [-0.1, -0.05) is 30.7 Å². The summed E-state index contributed by atoms with van der Waals surface area (Å²) in [5.74, 6) is 0.876. The van der Waals surface area contributed by atoms with Gasteiger partial charge in [-0.3, -0.25) is 4.79 Å². The predicted molar refractivity (Wildman–Crippen MR) is 141 cm³/mol. The molecule has 35 heavy (non-hydrogen) atoms. The molecule has 2 heterocycles. The van der Waals surface area contributed by atoms with Gasteiger partial charge < -0.3 is 9.64 Å². The second-order valence-corrected chi connectivity index (χ2v) is 8.90. The number of fused-ring (bicyclic) bond motifs is 1. The summed E-state index contributed by atoms with van der Waals surface area (Å²) in [5, 5.41) is 5.66. The third-order valence-electron chi connectivity index (χ3n) is 6.00. The van der Waals surface area contributed by atoms with E-state index in [1.54, 1.807) is 0 Å². The molecule has 0 aliphatic rings. The third-order valence-corrected chi connectivity index (χ3v) is 6.25. The standard InChI is InChI=1S/C28H31ClN4O2/c1-5-16-35-23-14-10-21(11-15-23)27-24(18-26(34)32(6-2)7-3)28-30-19(4)17-25(33(28)31-27)20-8-12-22(29)13-9-20/h8-15,17H,5-7,16,18H2,1-4H3. The Labute approximate surface area is 211 Å². The van der Waals surface area contributed by atoms with Crippen molar-refractivity contribution in [2.75, 3.05) is 19.7 Å². The number of nitrogens with zero attached hydrogens (tertiary/aromatic N) is 4. The zero-order valence-electron chi connectivity index (χ0n) is 20.7. The van der Waals surface area contributed by atoms with Gasteiger partial charge in [-0.2, -0.15) is 5.10 Å². The highest BCUT2D eigenvalue weighted by Crippen LogP contribution is 2.31. The molecule has 4 aromatic rings. The molecule has 182 valence electrons. The van der Waals surface area contributed by atoms with E-state index in [4.69, 9.17) is 26.4 Å². The van der Waals surface area contributed by atoms with Gasteiger partial charge in [-0.05, 0) is 69.7 Å². The van der Waals surface area contributed by atoms with Crippen LogP contribution in [0.3, 0.4) is 0 Å². The average molecular weight is 491 g/mol. The molecular formula is C28H31ClN4O2. The Balaban J connectivity index is 1.89. The van der Waals surface area contributed by atoms with E-state index in [9.17, 15) is 4.79 Å². The molecule has 1 amide bonds. The van der Waals surface area contributed by atoms with Crippen molar-refractivity contribution in [1.29, 1.82) is 0 Å². The zero-order chi connectivity index (χ0) is 24.9. The number of rotatable bonds is 9. The minimum atomic E-state index is 0.0606. The number of amides is 1. The van der Waals surface area contributed by atoms with Gasteiger partial charge in [0.25, 0.3) is 0 Å². The number of hydrogen-bond acceptors (Lipinski definition) is 4. The quantitative estimate of drug-likeness (QED) is 0.279. The summed E-state index contributed by atoms with van der Waals surface area (Å²) in [5.41, 5.74) is 5.91. The van der Waals surface area contributed by atoms with E-state index >= 15 is 0 Å². The van der Waals surface area contributed by atoms with E-state index in [0.717, 1.165) is 45.9 Å². The summed E-state index contributed by atoms with van der Waals surface area (Å²) in [6, 6.07) is 17.6. The van der Waals surface area contributed by atoms with Gasteiger partial charge in [0.05, 0.1) is 24.4 Å². The molecule has 0 bridgehead atoms. The molecule has 0 saturated heterocycles. The lowest BCUT2D eigenvalue weighted by molar-refractivity contribution is -0.130. The van der Waals surface area contributed by atoms with Gasteiger partial charge in [0, 0.05) is 40.5 Å². The van der Waals surface area contributed by atoms with Crippen LogP contribution in [0.25, 0.3) is 28.2 Å². The number of carbonyl (C=O) groups is 1. The maximum atomic E-state index is 13.2. The second kappa shape index (κ2) is 10.9. The first-order valence-corrected chi connectivity index (χ1v) is 12.5. The number of carbonyl (C=O) groups excluding carboxylic acids is 1. The first kappa shape index (κ1) is 24.7.